The van der Waals surface area contributed by atoms with E-state index < -0.39 is 5.41 Å². The van der Waals surface area contributed by atoms with Gasteiger partial charge < -0.3 is 10.1 Å². The first-order valence-electron chi connectivity index (χ1n) is 9.54. The molecule has 2 unspecified atom stereocenters. The summed E-state index contributed by atoms with van der Waals surface area (Å²) < 4.78 is 5.40. The topological polar surface area (TPSA) is 72.5 Å². The fourth-order valence-electron chi connectivity index (χ4n) is 5.66. The van der Waals surface area contributed by atoms with E-state index in [1.165, 1.54) is 13.3 Å². The lowest BCUT2D eigenvalue weighted by atomic mass is 9.49. The predicted octanol–water partition coefficient (Wildman–Crippen LogP) is 3.95. The lowest BCUT2D eigenvalue weighted by molar-refractivity contribution is -0.171. The third kappa shape index (κ3) is 3.62. The summed E-state index contributed by atoms with van der Waals surface area (Å²) in [7, 11) is 0. The quantitative estimate of drug-likeness (QED) is 0.470. The molecule has 4 aliphatic carbocycles. The molecule has 4 atom stereocenters. The van der Waals surface area contributed by atoms with Crippen LogP contribution in [0.1, 0.15) is 55.8 Å². The number of esters is 1. The number of halogens is 1. The number of hydrogen-bond donors (Lipinski definition) is 1. The minimum Gasteiger partial charge on any atom is -0.455 e. The minimum atomic E-state index is -0.505. The molecule has 144 valence electrons. The smallest absolute Gasteiger partial charge is 0.312 e. The van der Waals surface area contributed by atoms with Crippen LogP contribution in [0.3, 0.4) is 0 Å². The Balaban J connectivity index is 1.34. The lowest BCUT2D eigenvalue weighted by Crippen LogP contribution is -2.56. The molecule has 1 N–H and O–H groups in total. The van der Waals surface area contributed by atoms with Gasteiger partial charge in [0.15, 0.2) is 12.4 Å². The first-order valence-corrected chi connectivity index (χ1v) is 9.92. The van der Waals surface area contributed by atoms with Crippen molar-refractivity contribution in [3.8, 4) is 0 Å². The molecule has 0 aliphatic heterocycles. The van der Waals surface area contributed by atoms with Crippen molar-refractivity contribution < 1.29 is 19.1 Å². The van der Waals surface area contributed by atoms with Gasteiger partial charge in [-0.15, -0.1) is 11.6 Å². The van der Waals surface area contributed by atoms with Gasteiger partial charge >= 0.3 is 5.97 Å². The van der Waals surface area contributed by atoms with Gasteiger partial charge in [0.1, 0.15) is 0 Å². The number of ketones is 1. The van der Waals surface area contributed by atoms with E-state index in [2.05, 4.69) is 5.32 Å². The van der Waals surface area contributed by atoms with Crippen LogP contribution < -0.4 is 5.32 Å². The number of anilines is 1. The zero-order valence-corrected chi connectivity index (χ0v) is 16.2. The monoisotopic (exact) mass is 389 g/mol. The highest BCUT2D eigenvalue weighted by molar-refractivity contribution is 6.24. The Morgan fingerprint density at radius 2 is 1.74 bits per heavy atom. The highest BCUT2D eigenvalue weighted by atomic mass is 35.5. The average Bonchev–Trinajstić information content (AvgIpc) is 2.58. The molecule has 1 amide bonds. The Morgan fingerprint density at radius 1 is 1.11 bits per heavy atom. The maximum Gasteiger partial charge on any atom is 0.312 e. The molecule has 0 saturated heterocycles. The van der Waals surface area contributed by atoms with Crippen molar-refractivity contribution in [3.63, 3.8) is 0 Å². The van der Waals surface area contributed by atoms with Gasteiger partial charge in [-0.2, -0.15) is 0 Å². The Morgan fingerprint density at radius 3 is 2.30 bits per heavy atom. The van der Waals surface area contributed by atoms with Crippen LogP contribution in [0.15, 0.2) is 24.3 Å². The van der Waals surface area contributed by atoms with E-state index in [1.54, 1.807) is 24.3 Å². The first-order chi connectivity index (χ1) is 12.8. The number of nitrogens with one attached hydrogen (secondary N) is 1. The minimum absolute atomic E-state index is 0.0329. The molecule has 4 bridgehead atoms. The molecule has 0 heterocycles. The Kier molecular flexibility index (Phi) is 4.53. The zero-order valence-electron chi connectivity index (χ0n) is 15.4. The fraction of sp³-hybridized carbons (Fsp3) is 0.571. The van der Waals surface area contributed by atoms with Crippen LogP contribution >= 0.6 is 11.6 Å². The second-order valence-corrected chi connectivity index (χ2v) is 9.45. The number of hydrogen-bond acceptors (Lipinski definition) is 4. The van der Waals surface area contributed by atoms with E-state index >= 15 is 0 Å². The van der Waals surface area contributed by atoms with Crippen LogP contribution in [0, 0.1) is 17.3 Å². The number of carbonyl (C=O) groups excluding carboxylic acids is 3. The molecule has 1 aromatic carbocycles. The van der Waals surface area contributed by atoms with E-state index in [0.717, 1.165) is 25.7 Å². The summed E-state index contributed by atoms with van der Waals surface area (Å²) >= 11 is 6.76. The second-order valence-electron chi connectivity index (χ2n) is 8.65. The summed E-state index contributed by atoms with van der Waals surface area (Å²) in [6.07, 6.45) is 5.51. The number of benzene rings is 1. The summed E-state index contributed by atoms with van der Waals surface area (Å²) in [6.45, 7) is 1.18. The molecule has 4 fully saturated rings. The third-order valence-electron chi connectivity index (χ3n) is 6.33. The number of carbonyl (C=O) groups is 3. The highest BCUT2D eigenvalue weighted by Gasteiger charge is 2.60. The number of Topliss-reactive ketones (excluding diaryl/α,β-unsaturated/α-hetero) is 1. The van der Waals surface area contributed by atoms with Crippen LogP contribution in [-0.2, 0) is 14.3 Å². The van der Waals surface area contributed by atoms with E-state index in [0.29, 0.717) is 29.5 Å². The van der Waals surface area contributed by atoms with Gasteiger partial charge in [-0.05, 0) is 81.5 Å². The maximum atomic E-state index is 12.8. The Bertz CT molecular complexity index is 774. The Hall–Kier alpha value is -1.88. The molecule has 5 nitrogen and oxygen atoms in total. The molecule has 4 aliphatic rings. The molecule has 27 heavy (non-hydrogen) atoms. The SMILES string of the molecule is CC(=O)c1ccc(NC(=O)COC(=O)C23C[C@@H]4C[C@@H](CC(Cl)(C4)C2)C3)cc1. The maximum absolute atomic E-state index is 12.8. The number of ether oxygens (including phenoxy) is 1. The van der Waals surface area contributed by atoms with E-state index in [4.69, 9.17) is 16.3 Å². The summed E-state index contributed by atoms with van der Waals surface area (Å²) in [4.78, 5) is 36.0. The van der Waals surface area contributed by atoms with E-state index in [-0.39, 0.29) is 29.1 Å². The molecule has 5 rings (SSSR count). The largest absolute Gasteiger partial charge is 0.455 e. The molecule has 6 heteroatoms. The van der Waals surface area contributed by atoms with Crippen LogP contribution in [0.5, 0.6) is 0 Å². The molecule has 4 saturated carbocycles. The summed E-state index contributed by atoms with van der Waals surface area (Å²) in [5.74, 6) is 0.317. The number of alkyl halides is 1. The van der Waals surface area contributed by atoms with Crippen LogP contribution in [0.25, 0.3) is 0 Å². The summed E-state index contributed by atoms with van der Waals surface area (Å²) in [5.41, 5.74) is 0.640. The van der Waals surface area contributed by atoms with Crippen molar-refractivity contribution in [1.82, 2.24) is 0 Å². The second kappa shape index (κ2) is 6.62. The van der Waals surface area contributed by atoms with Gasteiger partial charge in [0.2, 0.25) is 0 Å². The normalized spacial score (nSPS) is 33.6. The summed E-state index contributed by atoms with van der Waals surface area (Å²) in [6, 6.07) is 6.62. The lowest BCUT2D eigenvalue weighted by Gasteiger charge is -2.58. The van der Waals surface area contributed by atoms with Crippen molar-refractivity contribution in [3.05, 3.63) is 29.8 Å². The van der Waals surface area contributed by atoms with Gasteiger partial charge in [-0.25, -0.2) is 0 Å². The van der Waals surface area contributed by atoms with Crippen molar-refractivity contribution in [2.45, 2.75) is 50.3 Å². The van der Waals surface area contributed by atoms with Crippen LogP contribution in [-0.4, -0.2) is 29.1 Å². The summed E-state index contributed by atoms with van der Waals surface area (Å²) in [5, 5.41) is 2.69. The van der Waals surface area contributed by atoms with Crippen molar-refractivity contribution in [2.75, 3.05) is 11.9 Å². The zero-order chi connectivity index (χ0) is 19.2. The molecule has 1 aromatic rings. The van der Waals surface area contributed by atoms with E-state index in [9.17, 15) is 14.4 Å². The van der Waals surface area contributed by atoms with Gasteiger partial charge in [0.05, 0.1) is 5.41 Å². The molecular formula is C21H24ClNO4. The van der Waals surface area contributed by atoms with Gasteiger partial charge in [0, 0.05) is 16.1 Å². The van der Waals surface area contributed by atoms with Crippen molar-refractivity contribution in [2.24, 2.45) is 17.3 Å². The number of amides is 1. The van der Waals surface area contributed by atoms with Crippen LogP contribution in [0.2, 0.25) is 0 Å². The number of rotatable bonds is 5. The predicted molar refractivity (Wildman–Crippen MR) is 102 cm³/mol. The molecule has 0 radical (unpaired) electrons. The molecule has 0 aromatic heterocycles. The van der Waals surface area contributed by atoms with Crippen molar-refractivity contribution >= 4 is 34.9 Å². The van der Waals surface area contributed by atoms with Gasteiger partial charge in [-0.1, -0.05) is 0 Å². The standard InChI is InChI=1S/C21H24ClNO4/c1-13(24)16-2-4-17(5-3-16)23-18(25)11-27-19(26)20-7-14-6-15(8-20)10-21(22,9-14)12-20/h2-5,14-15H,6-12H2,1H3,(H,23,25)/t14-,15+,20?,21?. The van der Waals surface area contributed by atoms with Gasteiger partial charge in [-0.3, -0.25) is 14.4 Å². The molecule has 0 spiro atoms. The first kappa shape index (κ1) is 18.5. The van der Waals surface area contributed by atoms with Crippen molar-refractivity contribution in [1.29, 1.82) is 0 Å². The highest BCUT2D eigenvalue weighted by Crippen LogP contribution is 2.64. The third-order valence-corrected chi connectivity index (χ3v) is 6.77. The van der Waals surface area contributed by atoms with Crippen LogP contribution in [0.4, 0.5) is 5.69 Å². The average molecular weight is 390 g/mol. The van der Waals surface area contributed by atoms with Gasteiger partial charge in [0.25, 0.3) is 5.91 Å². The van der Waals surface area contributed by atoms with E-state index in [1.807, 2.05) is 0 Å². The molecular weight excluding hydrogens is 366 g/mol. The Labute approximate surface area is 163 Å². The fourth-order valence-corrected chi connectivity index (χ4v) is 6.35.